The molecule has 57 valence electrons. The van der Waals surface area contributed by atoms with Crippen LogP contribution in [0.4, 0.5) is 0 Å². The molecule has 4 heteroatoms. The fourth-order valence-corrected chi connectivity index (χ4v) is 0.264. The highest BCUT2D eigenvalue weighted by Crippen LogP contribution is 1.88. The SMILES string of the molecule is [CH2]C(COC(=O)C=C)OO. The van der Waals surface area contributed by atoms with E-state index in [-0.39, 0.29) is 6.61 Å². The number of carbonyl (C=O) groups is 1. The lowest BCUT2D eigenvalue weighted by atomic mass is 10.4. The zero-order chi connectivity index (χ0) is 7.98. The van der Waals surface area contributed by atoms with Crippen LogP contribution in [0, 0.1) is 6.92 Å². The summed E-state index contributed by atoms with van der Waals surface area (Å²) in [5.41, 5.74) is 0. The molecular formula is C6H9O4. The van der Waals surface area contributed by atoms with E-state index in [2.05, 4.69) is 23.1 Å². The van der Waals surface area contributed by atoms with Crippen LogP contribution in [0.25, 0.3) is 0 Å². The third-order valence-corrected chi connectivity index (χ3v) is 0.727. The van der Waals surface area contributed by atoms with Crippen molar-refractivity contribution in [1.82, 2.24) is 0 Å². The van der Waals surface area contributed by atoms with Gasteiger partial charge in [0.2, 0.25) is 0 Å². The fraction of sp³-hybridized carbons (Fsp3) is 0.333. The molecule has 0 rings (SSSR count). The standard InChI is InChI=1S/C6H9O4/c1-3-6(7)9-4-5(2)10-8/h3,5,8H,1-2,4H2. The molecule has 10 heavy (non-hydrogen) atoms. The Morgan fingerprint density at radius 1 is 1.80 bits per heavy atom. The monoisotopic (exact) mass is 145 g/mol. The maximum Gasteiger partial charge on any atom is 0.330 e. The first-order chi connectivity index (χ1) is 4.70. The van der Waals surface area contributed by atoms with Gasteiger partial charge >= 0.3 is 5.97 Å². The van der Waals surface area contributed by atoms with E-state index in [1.165, 1.54) is 0 Å². The van der Waals surface area contributed by atoms with Gasteiger partial charge < -0.3 is 4.74 Å². The van der Waals surface area contributed by atoms with E-state index in [0.29, 0.717) is 0 Å². The second-order valence-electron chi connectivity index (χ2n) is 1.56. The van der Waals surface area contributed by atoms with Crippen LogP contribution in [-0.4, -0.2) is 23.9 Å². The van der Waals surface area contributed by atoms with Crippen LogP contribution in [-0.2, 0) is 14.4 Å². The van der Waals surface area contributed by atoms with E-state index in [9.17, 15) is 4.79 Å². The zero-order valence-corrected chi connectivity index (χ0v) is 5.45. The van der Waals surface area contributed by atoms with Gasteiger partial charge in [0.25, 0.3) is 0 Å². The highest BCUT2D eigenvalue weighted by atomic mass is 17.1. The van der Waals surface area contributed by atoms with Gasteiger partial charge in [-0.25, -0.2) is 9.68 Å². The highest BCUT2D eigenvalue weighted by molar-refractivity contribution is 5.81. The summed E-state index contributed by atoms with van der Waals surface area (Å²) in [7, 11) is 0. The molecular weight excluding hydrogens is 136 g/mol. The number of hydrogen-bond donors (Lipinski definition) is 1. The van der Waals surface area contributed by atoms with Gasteiger partial charge in [-0.2, -0.15) is 0 Å². The average molecular weight is 145 g/mol. The molecule has 0 amide bonds. The van der Waals surface area contributed by atoms with E-state index in [4.69, 9.17) is 5.26 Å². The third-order valence-electron chi connectivity index (χ3n) is 0.727. The second kappa shape index (κ2) is 4.96. The van der Waals surface area contributed by atoms with Gasteiger partial charge in [-0.1, -0.05) is 6.58 Å². The first kappa shape index (κ1) is 9.13. The van der Waals surface area contributed by atoms with E-state index in [1.807, 2.05) is 0 Å². The lowest BCUT2D eigenvalue weighted by molar-refractivity contribution is -0.273. The van der Waals surface area contributed by atoms with Crippen LogP contribution in [0.3, 0.4) is 0 Å². The van der Waals surface area contributed by atoms with Gasteiger partial charge in [-0.05, 0) is 6.92 Å². The van der Waals surface area contributed by atoms with Crippen molar-refractivity contribution in [2.75, 3.05) is 6.61 Å². The summed E-state index contributed by atoms with van der Waals surface area (Å²) in [6.45, 7) is 6.36. The fourth-order valence-electron chi connectivity index (χ4n) is 0.264. The Kier molecular flexibility index (Phi) is 4.53. The van der Waals surface area contributed by atoms with Crippen molar-refractivity contribution in [2.24, 2.45) is 0 Å². The van der Waals surface area contributed by atoms with Gasteiger partial charge in [0.05, 0.1) is 0 Å². The van der Waals surface area contributed by atoms with Crippen LogP contribution < -0.4 is 0 Å². The summed E-state index contributed by atoms with van der Waals surface area (Å²) in [5, 5.41) is 7.94. The molecule has 0 fully saturated rings. The average Bonchev–Trinajstić information content (AvgIpc) is 1.99. The van der Waals surface area contributed by atoms with Crippen LogP contribution >= 0.6 is 0 Å². The molecule has 0 spiro atoms. The van der Waals surface area contributed by atoms with Gasteiger partial charge in [0.15, 0.2) is 0 Å². The van der Waals surface area contributed by atoms with Crippen molar-refractivity contribution in [3.05, 3.63) is 19.6 Å². The largest absolute Gasteiger partial charge is 0.460 e. The number of hydrogen-bond acceptors (Lipinski definition) is 4. The molecule has 0 saturated heterocycles. The van der Waals surface area contributed by atoms with Gasteiger partial charge in [0, 0.05) is 6.08 Å². The molecule has 1 atom stereocenters. The second-order valence-corrected chi connectivity index (χ2v) is 1.56. The van der Waals surface area contributed by atoms with E-state index in [1.54, 1.807) is 0 Å². The van der Waals surface area contributed by atoms with Crippen LogP contribution in [0.15, 0.2) is 12.7 Å². The van der Waals surface area contributed by atoms with Crippen molar-refractivity contribution in [3.63, 3.8) is 0 Å². The minimum absolute atomic E-state index is 0.0820. The van der Waals surface area contributed by atoms with Crippen molar-refractivity contribution in [1.29, 1.82) is 0 Å². The predicted molar refractivity (Wildman–Crippen MR) is 34.0 cm³/mol. The van der Waals surface area contributed by atoms with Crippen LogP contribution in [0.5, 0.6) is 0 Å². The zero-order valence-electron chi connectivity index (χ0n) is 5.45. The summed E-state index contributed by atoms with van der Waals surface area (Å²) >= 11 is 0. The molecule has 0 aliphatic carbocycles. The number of esters is 1. The minimum atomic E-state index is -0.746. The summed E-state index contributed by atoms with van der Waals surface area (Å²) in [4.78, 5) is 14.0. The lowest BCUT2D eigenvalue weighted by Crippen LogP contribution is -2.16. The number of ether oxygens (including phenoxy) is 1. The smallest absolute Gasteiger partial charge is 0.330 e. The molecule has 1 radical (unpaired) electrons. The van der Waals surface area contributed by atoms with E-state index < -0.39 is 12.1 Å². The van der Waals surface area contributed by atoms with Gasteiger partial charge in [-0.3, -0.25) is 5.26 Å². The normalized spacial score (nSPS) is 12.2. The van der Waals surface area contributed by atoms with Crippen molar-refractivity contribution >= 4 is 5.97 Å². The first-order valence-electron chi connectivity index (χ1n) is 2.63. The Morgan fingerprint density at radius 3 is 2.80 bits per heavy atom. The van der Waals surface area contributed by atoms with Crippen molar-refractivity contribution in [2.45, 2.75) is 6.10 Å². The van der Waals surface area contributed by atoms with E-state index in [0.717, 1.165) is 6.08 Å². The van der Waals surface area contributed by atoms with Crippen molar-refractivity contribution < 1.29 is 19.7 Å². The molecule has 0 aromatic carbocycles. The van der Waals surface area contributed by atoms with Gasteiger partial charge in [0.1, 0.15) is 12.7 Å². The Labute approximate surface area is 59.0 Å². The molecule has 0 aliphatic heterocycles. The van der Waals surface area contributed by atoms with Crippen molar-refractivity contribution in [3.8, 4) is 0 Å². The summed E-state index contributed by atoms with van der Waals surface area (Å²) < 4.78 is 4.44. The topological polar surface area (TPSA) is 55.8 Å². The Bertz CT molecular complexity index is 121. The lowest BCUT2D eigenvalue weighted by Gasteiger charge is -2.05. The molecule has 1 N–H and O–H groups in total. The quantitative estimate of drug-likeness (QED) is 0.269. The maximum atomic E-state index is 10.3. The van der Waals surface area contributed by atoms with Crippen LogP contribution in [0.2, 0.25) is 0 Å². The molecule has 0 aliphatic rings. The van der Waals surface area contributed by atoms with Gasteiger partial charge in [-0.15, -0.1) is 0 Å². The molecule has 4 nitrogen and oxygen atoms in total. The minimum Gasteiger partial charge on any atom is -0.460 e. The summed E-state index contributed by atoms with van der Waals surface area (Å²) in [5.74, 6) is -0.564. The predicted octanol–water partition coefficient (Wildman–Crippen LogP) is 0.408. The van der Waals surface area contributed by atoms with E-state index >= 15 is 0 Å². The van der Waals surface area contributed by atoms with Crippen LogP contribution in [0.1, 0.15) is 0 Å². The molecule has 0 aromatic heterocycles. The number of carbonyl (C=O) groups excluding carboxylic acids is 1. The molecule has 0 aromatic rings. The summed E-state index contributed by atoms with van der Waals surface area (Å²) in [6, 6.07) is 0. The Hall–Kier alpha value is -0.870. The maximum absolute atomic E-state index is 10.3. The Balaban J connectivity index is 3.34. The molecule has 0 heterocycles. The first-order valence-corrected chi connectivity index (χ1v) is 2.63. The third kappa shape index (κ3) is 4.05. The summed E-state index contributed by atoms with van der Waals surface area (Å²) in [6.07, 6.45) is 0.272. The Morgan fingerprint density at radius 2 is 2.40 bits per heavy atom. The number of rotatable bonds is 4. The molecule has 1 unspecified atom stereocenters. The molecule has 0 saturated carbocycles. The molecule has 0 bridgehead atoms. The highest BCUT2D eigenvalue weighted by Gasteiger charge is 2.03.